The fourth-order valence-corrected chi connectivity index (χ4v) is 1.52. The van der Waals surface area contributed by atoms with E-state index in [0.29, 0.717) is 0 Å². The lowest BCUT2D eigenvalue weighted by molar-refractivity contribution is 0.408. The Morgan fingerprint density at radius 3 is 2.87 bits per heavy atom. The molecule has 1 aromatic carbocycles. The smallest absolute Gasteiger partial charge is 0.123 e. The average Bonchev–Trinajstić information content (AvgIpc) is 2.65. The molecule has 0 atom stereocenters. The molecule has 0 spiro atoms. The number of rotatable bonds is 3. The Morgan fingerprint density at radius 2 is 2.20 bits per heavy atom. The van der Waals surface area contributed by atoms with Crippen molar-refractivity contribution in [2.24, 2.45) is 0 Å². The Labute approximate surface area is 89.3 Å². The predicted octanol–water partition coefficient (Wildman–Crippen LogP) is 2.12. The summed E-state index contributed by atoms with van der Waals surface area (Å²) < 4.78 is 7.26. The summed E-state index contributed by atoms with van der Waals surface area (Å²) in [4.78, 5) is 4.08. The Hall–Kier alpha value is -1.77. The number of nitrogens with zero attached hydrogens (tertiary/aromatic N) is 2. The van der Waals surface area contributed by atoms with Crippen molar-refractivity contribution in [3.63, 3.8) is 0 Å². The van der Waals surface area contributed by atoms with Gasteiger partial charge in [-0.15, -0.1) is 0 Å². The first-order chi connectivity index (χ1) is 7.29. The van der Waals surface area contributed by atoms with Crippen LogP contribution in [0.4, 0.5) is 0 Å². The highest BCUT2D eigenvalue weighted by Crippen LogP contribution is 2.18. The van der Waals surface area contributed by atoms with Crippen LogP contribution in [-0.4, -0.2) is 16.7 Å². The molecule has 0 aliphatic carbocycles. The summed E-state index contributed by atoms with van der Waals surface area (Å²) in [6.07, 6.45) is 3.68. The van der Waals surface area contributed by atoms with Gasteiger partial charge in [0.25, 0.3) is 0 Å². The lowest BCUT2D eigenvalue weighted by Gasteiger charge is -2.08. The molecule has 3 heteroatoms. The second kappa shape index (κ2) is 4.17. The highest BCUT2D eigenvalue weighted by molar-refractivity contribution is 5.33. The van der Waals surface area contributed by atoms with Gasteiger partial charge in [0.15, 0.2) is 0 Å². The molecule has 77 valence electrons. The summed E-state index contributed by atoms with van der Waals surface area (Å²) in [5, 5.41) is 0. The van der Waals surface area contributed by atoms with E-state index < -0.39 is 0 Å². The number of benzene rings is 1. The first-order valence-corrected chi connectivity index (χ1v) is 4.75. The molecule has 0 bridgehead atoms. The Bertz CT molecular complexity index is 448. The van der Waals surface area contributed by atoms with Gasteiger partial charge in [0.2, 0.25) is 0 Å². The van der Waals surface area contributed by atoms with E-state index in [2.05, 4.69) is 11.9 Å². The van der Waals surface area contributed by atoms with Crippen LogP contribution < -0.4 is 4.74 Å². The van der Waals surface area contributed by atoms with E-state index in [-0.39, 0.29) is 0 Å². The molecule has 0 amide bonds. The van der Waals surface area contributed by atoms with E-state index in [1.165, 1.54) is 0 Å². The van der Waals surface area contributed by atoms with Gasteiger partial charge in [-0.3, -0.25) is 0 Å². The van der Waals surface area contributed by atoms with Gasteiger partial charge in [-0.2, -0.15) is 0 Å². The number of para-hydroxylation sites is 1. The van der Waals surface area contributed by atoms with E-state index in [0.717, 1.165) is 23.6 Å². The van der Waals surface area contributed by atoms with Gasteiger partial charge in [0.1, 0.15) is 5.75 Å². The monoisotopic (exact) mass is 201 g/mol. The predicted molar refractivity (Wildman–Crippen MR) is 58.8 cm³/mol. The van der Waals surface area contributed by atoms with Crippen LogP contribution in [0.15, 0.2) is 36.8 Å². The minimum absolute atomic E-state index is 0.756. The number of imidazole rings is 1. The third-order valence-electron chi connectivity index (χ3n) is 2.23. The topological polar surface area (TPSA) is 27.1 Å². The van der Waals surface area contributed by atoms with Gasteiger partial charge >= 0.3 is 0 Å². The third kappa shape index (κ3) is 2.18. The maximum absolute atomic E-state index is 5.27. The summed E-state index contributed by atoms with van der Waals surface area (Å²) in [5.41, 5.74) is 1.92. The molecule has 0 fully saturated rings. The molecule has 0 unspecified atom stereocenters. The fourth-order valence-electron chi connectivity index (χ4n) is 1.52. The van der Waals surface area contributed by atoms with Crippen LogP contribution in [0.25, 0.3) is 0 Å². The van der Waals surface area contributed by atoms with E-state index in [4.69, 9.17) is 4.74 Å². The summed E-state index contributed by atoms with van der Waals surface area (Å²) >= 11 is 0. The number of ether oxygens (including phenoxy) is 1. The average molecular weight is 201 g/mol. The lowest BCUT2D eigenvalue weighted by Crippen LogP contribution is -1.99. The largest absolute Gasteiger partial charge is 0.496 e. The van der Waals surface area contributed by atoms with Crippen molar-refractivity contribution >= 4 is 0 Å². The van der Waals surface area contributed by atoms with Gasteiger partial charge < -0.3 is 9.30 Å². The van der Waals surface area contributed by atoms with Gasteiger partial charge in [-0.25, -0.2) is 4.98 Å². The van der Waals surface area contributed by atoms with Crippen molar-refractivity contribution in [2.45, 2.75) is 6.54 Å². The molecule has 0 aliphatic heterocycles. The van der Waals surface area contributed by atoms with Crippen molar-refractivity contribution in [1.82, 2.24) is 9.55 Å². The fraction of sp³-hybridized carbons (Fsp3) is 0.167. The molecular formula is C12H13N2O. The van der Waals surface area contributed by atoms with Gasteiger partial charge in [-0.05, 0) is 13.0 Å². The van der Waals surface area contributed by atoms with E-state index >= 15 is 0 Å². The van der Waals surface area contributed by atoms with Crippen molar-refractivity contribution in [3.8, 4) is 5.75 Å². The maximum Gasteiger partial charge on any atom is 0.123 e. The first-order valence-electron chi connectivity index (χ1n) is 4.75. The second-order valence-corrected chi connectivity index (χ2v) is 3.35. The number of aromatic nitrogens is 2. The molecule has 0 N–H and O–H groups in total. The molecule has 1 radical (unpaired) electrons. The molecule has 1 heterocycles. The number of methoxy groups -OCH3 is 1. The van der Waals surface area contributed by atoms with E-state index in [9.17, 15) is 0 Å². The Morgan fingerprint density at radius 1 is 1.40 bits per heavy atom. The normalized spacial score (nSPS) is 10.3. The Kier molecular flexibility index (Phi) is 2.72. The first kappa shape index (κ1) is 9.77. The van der Waals surface area contributed by atoms with Crippen molar-refractivity contribution in [1.29, 1.82) is 0 Å². The molecule has 2 aromatic rings. The maximum atomic E-state index is 5.27. The molecule has 0 saturated heterocycles. The third-order valence-corrected chi connectivity index (χ3v) is 2.23. The molecule has 2 rings (SSSR count). The standard InChI is InChI=1S/C12H13N2O/c1-10-7-14(9-13-10)8-11-5-3-4-6-12(11)15-2/h3-7,9H,1,8H2,2H3. The SMILES string of the molecule is [CH2]c1cn(Cc2ccccc2OC)cn1. The summed E-state index contributed by atoms with van der Waals surface area (Å²) in [6, 6.07) is 7.96. The highest BCUT2D eigenvalue weighted by Gasteiger charge is 2.02. The molecule has 3 nitrogen and oxygen atoms in total. The molecule has 1 aromatic heterocycles. The summed E-state index contributed by atoms with van der Waals surface area (Å²) in [7, 11) is 1.68. The second-order valence-electron chi connectivity index (χ2n) is 3.35. The van der Waals surface area contributed by atoms with Crippen molar-refractivity contribution in [3.05, 3.63) is 55.0 Å². The van der Waals surface area contributed by atoms with E-state index in [1.54, 1.807) is 13.4 Å². The van der Waals surface area contributed by atoms with Crippen molar-refractivity contribution < 1.29 is 4.74 Å². The molecule has 15 heavy (non-hydrogen) atoms. The summed E-state index contributed by atoms with van der Waals surface area (Å²) in [6.45, 7) is 4.52. The quantitative estimate of drug-likeness (QED) is 0.760. The number of hydrogen-bond acceptors (Lipinski definition) is 2. The van der Waals surface area contributed by atoms with Crippen LogP contribution in [-0.2, 0) is 6.54 Å². The van der Waals surface area contributed by atoms with E-state index in [1.807, 2.05) is 35.0 Å². The van der Waals surface area contributed by atoms with Crippen LogP contribution in [0.3, 0.4) is 0 Å². The van der Waals surface area contributed by atoms with Crippen molar-refractivity contribution in [2.75, 3.05) is 7.11 Å². The van der Waals surface area contributed by atoms with Crippen LogP contribution in [0.1, 0.15) is 11.3 Å². The van der Waals surface area contributed by atoms with Gasteiger partial charge in [-0.1, -0.05) is 18.2 Å². The zero-order chi connectivity index (χ0) is 10.7. The van der Waals surface area contributed by atoms with Crippen LogP contribution in [0, 0.1) is 6.92 Å². The lowest BCUT2D eigenvalue weighted by atomic mass is 10.2. The molecule has 0 aliphatic rings. The highest BCUT2D eigenvalue weighted by atomic mass is 16.5. The van der Waals surface area contributed by atoms with Crippen LogP contribution in [0.2, 0.25) is 0 Å². The zero-order valence-electron chi connectivity index (χ0n) is 8.68. The van der Waals surface area contributed by atoms with Crippen LogP contribution in [0.5, 0.6) is 5.75 Å². The summed E-state index contributed by atoms with van der Waals surface area (Å²) in [5.74, 6) is 0.900. The zero-order valence-corrected chi connectivity index (χ0v) is 8.68. The Balaban J connectivity index is 2.23. The van der Waals surface area contributed by atoms with Gasteiger partial charge in [0, 0.05) is 11.8 Å². The molecule has 0 saturated carbocycles. The minimum Gasteiger partial charge on any atom is -0.496 e. The molecular weight excluding hydrogens is 188 g/mol. The number of hydrogen-bond donors (Lipinski definition) is 0. The van der Waals surface area contributed by atoms with Gasteiger partial charge in [0.05, 0.1) is 25.7 Å². The van der Waals surface area contributed by atoms with Crippen LogP contribution >= 0.6 is 0 Å². The minimum atomic E-state index is 0.756.